The molecule has 1 aliphatic heterocycles. The largest absolute Gasteiger partial charge is 0.443 e. The van der Waals surface area contributed by atoms with Crippen LogP contribution in [0.1, 0.15) is 26.3 Å². The van der Waals surface area contributed by atoms with Crippen molar-refractivity contribution in [2.45, 2.75) is 33.3 Å². The molecule has 18 heavy (non-hydrogen) atoms. The van der Waals surface area contributed by atoms with Crippen molar-refractivity contribution in [1.29, 1.82) is 0 Å². The molecule has 2 rings (SSSR count). The summed E-state index contributed by atoms with van der Waals surface area (Å²) < 4.78 is 5.42. The molecule has 0 saturated heterocycles. The van der Waals surface area contributed by atoms with Crippen molar-refractivity contribution in [3.05, 3.63) is 23.8 Å². The summed E-state index contributed by atoms with van der Waals surface area (Å²) in [7, 11) is 0. The summed E-state index contributed by atoms with van der Waals surface area (Å²) in [5.74, 6) is 0. The molecule has 4 heteroatoms. The fourth-order valence-corrected chi connectivity index (χ4v) is 1.96. The number of hydrogen-bond donors (Lipinski definition) is 1. The van der Waals surface area contributed by atoms with Gasteiger partial charge >= 0.3 is 6.09 Å². The van der Waals surface area contributed by atoms with Crippen molar-refractivity contribution in [2.75, 3.05) is 23.3 Å². The molecule has 0 atom stereocenters. The molecule has 0 aromatic heterocycles. The predicted octanol–water partition coefficient (Wildman–Crippen LogP) is 3.16. The number of rotatable bonds is 0. The summed E-state index contributed by atoms with van der Waals surface area (Å²) in [6, 6.07) is 6.01. The topological polar surface area (TPSA) is 41.6 Å². The number of nitrogens with zero attached hydrogens (tertiary/aromatic N) is 1. The van der Waals surface area contributed by atoms with Crippen molar-refractivity contribution in [3.8, 4) is 0 Å². The van der Waals surface area contributed by atoms with Crippen molar-refractivity contribution in [2.24, 2.45) is 0 Å². The lowest BCUT2D eigenvalue weighted by atomic mass is 10.1. The summed E-state index contributed by atoms with van der Waals surface area (Å²) in [6.07, 6.45) is -0.283. The van der Waals surface area contributed by atoms with E-state index < -0.39 is 5.60 Å². The minimum absolute atomic E-state index is 0.283. The van der Waals surface area contributed by atoms with Gasteiger partial charge in [-0.3, -0.25) is 4.90 Å². The van der Waals surface area contributed by atoms with Gasteiger partial charge in [-0.25, -0.2) is 4.79 Å². The van der Waals surface area contributed by atoms with Crippen LogP contribution in [-0.4, -0.2) is 24.8 Å². The third-order valence-corrected chi connectivity index (χ3v) is 2.71. The number of ether oxygens (including phenoxy) is 1. The van der Waals surface area contributed by atoms with Crippen LogP contribution in [0.4, 0.5) is 16.2 Å². The number of nitrogens with one attached hydrogen (secondary N) is 1. The van der Waals surface area contributed by atoms with Gasteiger partial charge in [0, 0.05) is 13.1 Å². The fourth-order valence-electron chi connectivity index (χ4n) is 1.96. The molecule has 0 bridgehead atoms. The molecule has 0 aliphatic carbocycles. The average Bonchev–Trinajstić information content (AvgIpc) is 2.25. The van der Waals surface area contributed by atoms with Crippen molar-refractivity contribution >= 4 is 17.5 Å². The normalized spacial score (nSPS) is 14.8. The highest BCUT2D eigenvalue weighted by Gasteiger charge is 2.26. The molecule has 0 radical (unpaired) electrons. The number of hydrogen-bond acceptors (Lipinski definition) is 3. The molecular formula is C14H20N2O2. The third-order valence-electron chi connectivity index (χ3n) is 2.71. The van der Waals surface area contributed by atoms with Crippen LogP contribution in [0.25, 0.3) is 0 Å². The average molecular weight is 248 g/mol. The summed E-state index contributed by atoms with van der Waals surface area (Å²) in [5.41, 5.74) is 2.59. The third kappa shape index (κ3) is 2.75. The second kappa shape index (κ2) is 4.52. The smallest absolute Gasteiger partial charge is 0.414 e. The van der Waals surface area contributed by atoms with Gasteiger partial charge in [-0.2, -0.15) is 0 Å². The fraction of sp³-hybridized carbons (Fsp3) is 0.500. The zero-order valence-electron chi connectivity index (χ0n) is 11.4. The first-order chi connectivity index (χ1) is 8.37. The Labute approximate surface area is 108 Å². The van der Waals surface area contributed by atoms with Gasteiger partial charge in [0.15, 0.2) is 0 Å². The van der Waals surface area contributed by atoms with E-state index in [4.69, 9.17) is 4.74 Å². The molecule has 1 heterocycles. The van der Waals surface area contributed by atoms with E-state index in [9.17, 15) is 4.79 Å². The second-order valence-corrected chi connectivity index (χ2v) is 5.58. The molecule has 1 amide bonds. The van der Waals surface area contributed by atoms with Crippen molar-refractivity contribution in [3.63, 3.8) is 0 Å². The Balaban J connectivity index is 2.25. The van der Waals surface area contributed by atoms with Crippen LogP contribution in [0.2, 0.25) is 0 Å². The Hall–Kier alpha value is -1.71. The van der Waals surface area contributed by atoms with E-state index in [0.717, 1.165) is 17.9 Å². The molecular weight excluding hydrogens is 228 g/mol. The zero-order valence-corrected chi connectivity index (χ0v) is 11.4. The van der Waals surface area contributed by atoms with E-state index >= 15 is 0 Å². The number of benzene rings is 1. The van der Waals surface area contributed by atoms with Gasteiger partial charge in [0.05, 0.1) is 11.4 Å². The number of carbonyl (C=O) groups excluding carboxylic acids is 1. The number of anilines is 2. The molecule has 0 unspecified atom stereocenters. The van der Waals surface area contributed by atoms with E-state index in [2.05, 4.69) is 5.32 Å². The molecule has 0 spiro atoms. The molecule has 1 aliphatic rings. The minimum atomic E-state index is -0.465. The number of carbonyl (C=O) groups is 1. The molecule has 0 fully saturated rings. The maximum atomic E-state index is 12.1. The molecule has 0 saturated carbocycles. The molecule has 98 valence electrons. The van der Waals surface area contributed by atoms with E-state index in [1.807, 2.05) is 45.9 Å². The Morgan fingerprint density at radius 3 is 2.78 bits per heavy atom. The summed E-state index contributed by atoms with van der Waals surface area (Å²) in [5, 5.41) is 3.30. The lowest BCUT2D eigenvalue weighted by Gasteiger charge is -2.32. The van der Waals surface area contributed by atoms with Crippen LogP contribution in [-0.2, 0) is 4.74 Å². The second-order valence-electron chi connectivity index (χ2n) is 5.58. The summed E-state index contributed by atoms with van der Waals surface area (Å²) in [4.78, 5) is 13.8. The first-order valence-corrected chi connectivity index (χ1v) is 6.22. The van der Waals surface area contributed by atoms with Gasteiger partial charge < -0.3 is 10.1 Å². The van der Waals surface area contributed by atoms with E-state index in [1.54, 1.807) is 4.90 Å². The Bertz CT molecular complexity index is 463. The van der Waals surface area contributed by atoms with Crippen LogP contribution in [0.3, 0.4) is 0 Å². The van der Waals surface area contributed by atoms with E-state index in [-0.39, 0.29) is 6.09 Å². The summed E-state index contributed by atoms with van der Waals surface area (Å²) >= 11 is 0. The molecule has 4 nitrogen and oxygen atoms in total. The highest BCUT2D eigenvalue weighted by atomic mass is 16.6. The van der Waals surface area contributed by atoms with Crippen LogP contribution in [0, 0.1) is 6.92 Å². The van der Waals surface area contributed by atoms with Gasteiger partial charge in [-0.15, -0.1) is 0 Å². The van der Waals surface area contributed by atoms with Gasteiger partial charge in [0.1, 0.15) is 5.60 Å². The number of amides is 1. The van der Waals surface area contributed by atoms with E-state index in [0.29, 0.717) is 6.54 Å². The van der Waals surface area contributed by atoms with Gasteiger partial charge in [-0.1, -0.05) is 6.07 Å². The lowest BCUT2D eigenvalue weighted by Crippen LogP contribution is -2.42. The van der Waals surface area contributed by atoms with Crippen molar-refractivity contribution in [1.82, 2.24) is 0 Å². The Morgan fingerprint density at radius 2 is 2.11 bits per heavy atom. The first-order valence-electron chi connectivity index (χ1n) is 6.22. The van der Waals surface area contributed by atoms with Gasteiger partial charge in [0.25, 0.3) is 0 Å². The van der Waals surface area contributed by atoms with Crippen molar-refractivity contribution < 1.29 is 9.53 Å². The number of aryl methyl sites for hydroxylation is 1. The Morgan fingerprint density at radius 1 is 1.39 bits per heavy atom. The first kappa shape index (κ1) is 12.7. The molecule has 1 aromatic carbocycles. The van der Waals surface area contributed by atoms with Gasteiger partial charge in [-0.05, 0) is 45.4 Å². The summed E-state index contributed by atoms with van der Waals surface area (Å²) in [6.45, 7) is 9.05. The van der Waals surface area contributed by atoms with Crippen LogP contribution >= 0.6 is 0 Å². The lowest BCUT2D eigenvalue weighted by molar-refractivity contribution is 0.0581. The SMILES string of the molecule is Cc1ccc2c(c1)NCCN2C(=O)OC(C)(C)C. The monoisotopic (exact) mass is 248 g/mol. The molecule has 1 N–H and O–H groups in total. The van der Waals surface area contributed by atoms with Crippen LogP contribution in [0.15, 0.2) is 18.2 Å². The highest BCUT2D eigenvalue weighted by molar-refractivity contribution is 5.93. The quantitative estimate of drug-likeness (QED) is 0.766. The zero-order chi connectivity index (χ0) is 13.3. The number of fused-ring (bicyclic) bond motifs is 1. The highest BCUT2D eigenvalue weighted by Crippen LogP contribution is 2.30. The predicted molar refractivity (Wildman–Crippen MR) is 73.2 cm³/mol. The standard InChI is InChI=1S/C14H20N2O2/c1-10-5-6-12-11(9-10)15-7-8-16(12)13(17)18-14(2,3)4/h5-6,9,15H,7-8H2,1-4H3. The van der Waals surface area contributed by atoms with E-state index in [1.165, 1.54) is 5.56 Å². The van der Waals surface area contributed by atoms with Crippen LogP contribution in [0.5, 0.6) is 0 Å². The van der Waals surface area contributed by atoms with Crippen LogP contribution < -0.4 is 10.2 Å². The maximum Gasteiger partial charge on any atom is 0.414 e. The maximum absolute atomic E-state index is 12.1. The Kier molecular flexibility index (Phi) is 3.20. The van der Waals surface area contributed by atoms with Gasteiger partial charge in [0.2, 0.25) is 0 Å². The minimum Gasteiger partial charge on any atom is -0.443 e. The molecule has 1 aromatic rings.